The highest BCUT2D eigenvalue weighted by atomic mass is 16.5. The van der Waals surface area contributed by atoms with Crippen molar-refractivity contribution < 1.29 is 19.4 Å². The van der Waals surface area contributed by atoms with Gasteiger partial charge in [-0.1, -0.05) is 42.2 Å². The number of carboxylic acids is 1. The van der Waals surface area contributed by atoms with Gasteiger partial charge in [-0.2, -0.15) is 4.80 Å². The molecule has 1 heterocycles. The van der Waals surface area contributed by atoms with E-state index in [9.17, 15) is 4.79 Å². The van der Waals surface area contributed by atoms with E-state index in [2.05, 4.69) is 27.3 Å². The van der Waals surface area contributed by atoms with Crippen LogP contribution in [0, 0.1) is 11.8 Å². The molecule has 0 spiro atoms. The summed E-state index contributed by atoms with van der Waals surface area (Å²) in [5.74, 6) is 6.91. The van der Waals surface area contributed by atoms with Gasteiger partial charge < -0.3 is 14.6 Å². The van der Waals surface area contributed by atoms with Gasteiger partial charge >= 0.3 is 5.97 Å². The molecule has 1 aliphatic rings. The summed E-state index contributed by atoms with van der Waals surface area (Å²) in [4.78, 5) is 12.5. The lowest BCUT2D eigenvalue weighted by atomic mass is 10.0. The van der Waals surface area contributed by atoms with E-state index < -0.39 is 5.97 Å². The lowest BCUT2D eigenvalue weighted by Crippen LogP contribution is -2.06. The lowest BCUT2D eigenvalue weighted by Gasteiger charge is -2.10. The second kappa shape index (κ2) is 10.3. The van der Waals surface area contributed by atoms with Gasteiger partial charge in [-0.15, -0.1) is 10.2 Å². The molecule has 166 valence electrons. The molecule has 0 radical (unpaired) electrons. The molecule has 4 rings (SSSR count). The van der Waals surface area contributed by atoms with E-state index in [1.807, 2.05) is 42.5 Å². The third kappa shape index (κ3) is 5.86. The Balaban J connectivity index is 1.45. The highest BCUT2D eigenvalue weighted by Gasteiger charge is 2.15. The number of tetrazole rings is 1. The average molecular weight is 442 g/mol. The van der Waals surface area contributed by atoms with E-state index in [4.69, 9.17) is 14.6 Å². The third-order valence-electron chi connectivity index (χ3n) is 4.93. The molecule has 1 atom stereocenters. The van der Waals surface area contributed by atoms with Crippen LogP contribution < -0.4 is 9.47 Å². The fourth-order valence-corrected chi connectivity index (χ4v) is 3.19. The number of allylic oxidation sites excluding steroid dienone is 2. The molecule has 2 aromatic carbocycles. The van der Waals surface area contributed by atoms with Crippen molar-refractivity contribution >= 4 is 5.97 Å². The lowest BCUT2D eigenvalue weighted by molar-refractivity contribution is 0.0697. The number of nitrogens with zero attached hydrogens (tertiary/aromatic N) is 4. The minimum Gasteiger partial charge on any atom is -0.497 e. The normalized spacial score (nSPS) is 17.5. The first-order chi connectivity index (χ1) is 16.1. The van der Waals surface area contributed by atoms with E-state index in [1.165, 1.54) is 12.1 Å². The Labute approximate surface area is 191 Å². The zero-order valence-corrected chi connectivity index (χ0v) is 18.0. The molecule has 0 amide bonds. The van der Waals surface area contributed by atoms with Crippen LogP contribution in [0.4, 0.5) is 0 Å². The summed E-state index contributed by atoms with van der Waals surface area (Å²) in [6, 6.07) is 14.0. The number of benzene rings is 2. The van der Waals surface area contributed by atoms with Crippen LogP contribution in [0.5, 0.6) is 11.5 Å². The molecular weight excluding hydrogens is 420 g/mol. The standard InChI is InChI=1S/C25H22N4O4/c1-32-22-11-7-18(8-12-22)16-29-27-24(26-28-29)21-6-4-2-3-5-19(15-21)17-33-23-13-9-20(10-14-23)25(30)31/h3,5,7-15,21H,2,16-17H2,1H3,(H,30,31)/b5-3-,19-15+. The summed E-state index contributed by atoms with van der Waals surface area (Å²) < 4.78 is 11.0. The SMILES string of the molecule is COc1ccc(Cn2nnc(C3C#CC/C=C\C(COc4ccc(C(=O)O)cc4)=C/3)n2)cc1. The van der Waals surface area contributed by atoms with Crippen LogP contribution in [0.1, 0.15) is 34.1 Å². The summed E-state index contributed by atoms with van der Waals surface area (Å²) in [6.07, 6.45) is 6.51. The Morgan fingerprint density at radius 3 is 2.64 bits per heavy atom. The number of carboxylic acid groups (broad SMARTS) is 1. The molecule has 0 saturated heterocycles. The summed E-state index contributed by atoms with van der Waals surface area (Å²) >= 11 is 0. The second-order valence-electron chi connectivity index (χ2n) is 7.29. The average Bonchev–Trinajstić information content (AvgIpc) is 3.27. The first-order valence-electron chi connectivity index (χ1n) is 10.3. The van der Waals surface area contributed by atoms with Crippen LogP contribution in [0.25, 0.3) is 0 Å². The highest BCUT2D eigenvalue weighted by Crippen LogP contribution is 2.19. The molecule has 1 aromatic heterocycles. The van der Waals surface area contributed by atoms with Crippen molar-refractivity contribution in [3.63, 3.8) is 0 Å². The van der Waals surface area contributed by atoms with E-state index in [0.29, 0.717) is 31.1 Å². The summed E-state index contributed by atoms with van der Waals surface area (Å²) in [5, 5.41) is 21.9. The number of aromatic nitrogens is 4. The molecule has 0 saturated carbocycles. The predicted molar refractivity (Wildman–Crippen MR) is 121 cm³/mol. The Hall–Kier alpha value is -4.38. The van der Waals surface area contributed by atoms with Crippen molar-refractivity contribution in [1.29, 1.82) is 0 Å². The number of rotatable bonds is 8. The molecule has 0 aliphatic heterocycles. The zero-order valence-electron chi connectivity index (χ0n) is 18.0. The van der Waals surface area contributed by atoms with Gasteiger partial charge in [0.2, 0.25) is 0 Å². The predicted octanol–water partition coefficient (Wildman–Crippen LogP) is 3.48. The van der Waals surface area contributed by atoms with Gasteiger partial charge in [0.15, 0.2) is 5.82 Å². The van der Waals surface area contributed by atoms with Crippen LogP contribution in [-0.2, 0) is 6.54 Å². The number of carbonyl (C=O) groups is 1. The van der Waals surface area contributed by atoms with Gasteiger partial charge in [0.1, 0.15) is 24.0 Å². The number of ether oxygens (including phenoxy) is 2. The summed E-state index contributed by atoms with van der Waals surface area (Å²) in [6.45, 7) is 0.796. The maximum Gasteiger partial charge on any atom is 0.335 e. The molecule has 0 fully saturated rings. The van der Waals surface area contributed by atoms with Gasteiger partial charge in [-0.05, 0) is 52.7 Å². The van der Waals surface area contributed by atoms with Crippen molar-refractivity contribution in [2.24, 2.45) is 0 Å². The quantitative estimate of drug-likeness (QED) is 0.533. The molecule has 8 heteroatoms. The minimum absolute atomic E-state index is 0.214. The number of methoxy groups -OCH3 is 1. The van der Waals surface area contributed by atoms with Crippen molar-refractivity contribution in [2.75, 3.05) is 13.7 Å². The Morgan fingerprint density at radius 2 is 1.91 bits per heavy atom. The van der Waals surface area contributed by atoms with Crippen LogP contribution >= 0.6 is 0 Å². The fourth-order valence-electron chi connectivity index (χ4n) is 3.19. The summed E-state index contributed by atoms with van der Waals surface area (Å²) in [5.41, 5.74) is 2.17. The smallest absolute Gasteiger partial charge is 0.335 e. The largest absolute Gasteiger partial charge is 0.497 e. The van der Waals surface area contributed by atoms with Crippen molar-refractivity contribution in [3.05, 3.63) is 89.3 Å². The zero-order chi connectivity index (χ0) is 23.0. The van der Waals surface area contributed by atoms with E-state index in [1.54, 1.807) is 24.0 Å². The molecule has 1 N–H and O–H groups in total. The van der Waals surface area contributed by atoms with Crippen LogP contribution in [0.3, 0.4) is 0 Å². The number of hydrogen-bond donors (Lipinski definition) is 1. The third-order valence-corrected chi connectivity index (χ3v) is 4.93. The fraction of sp³-hybridized carbons (Fsp3) is 0.200. The first-order valence-corrected chi connectivity index (χ1v) is 10.3. The molecule has 8 nitrogen and oxygen atoms in total. The first kappa shape index (κ1) is 21.8. The Kier molecular flexibility index (Phi) is 6.81. The van der Waals surface area contributed by atoms with Gasteiger partial charge in [0.05, 0.1) is 19.2 Å². The monoisotopic (exact) mass is 442 g/mol. The topological polar surface area (TPSA) is 99.4 Å². The maximum atomic E-state index is 11.0. The van der Waals surface area contributed by atoms with Gasteiger partial charge in [0.25, 0.3) is 0 Å². The number of hydrogen-bond acceptors (Lipinski definition) is 6. The van der Waals surface area contributed by atoms with E-state index in [-0.39, 0.29) is 11.5 Å². The molecule has 0 bridgehead atoms. The summed E-state index contributed by atoms with van der Waals surface area (Å²) in [7, 11) is 1.63. The Morgan fingerprint density at radius 1 is 1.15 bits per heavy atom. The molecule has 1 unspecified atom stereocenters. The highest BCUT2D eigenvalue weighted by molar-refractivity contribution is 5.87. The van der Waals surface area contributed by atoms with Gasteiger partial charge in [0, 0.05) is 6.42 Å². The molecule has 1 aliphatic carbocycles. The van der Waals surface area contributed by atoms with Crippen molar-refractivity contribution in [2.45, 2.75) is 18.9 Å². The molecule has 3 aromatic rings. The minimum atomic E-state index is -0.971. The van der Waals surface area contributed by atoms with Crippen molar-refractivity contribution in [3.8, 4) is 23.3 Å². The van der Waals surface area contributed by atoms with Crippen LogP contribution in [0.2, 0.25) is 0 Å². The number of aromatic carboxylic acids is 1. The van der Waals surface area contributed by atoms with E-state index in [0.717, 1.165) is 16.9 Å². The second-order valence-corrected chi connectivity index (χ2v) is 7.29. The molecular formula is C25H22N4O4. The molecule has 33 heavy (non-hydrogen) atoms. The van der Waals surface area contributed by atoms with Crippen LogP contribution in [0.15, 0.2) is 72.3 Å². The van der Waals surface area contributed by atoms with E-state index >= 15 is 0 Å². The van der Waals surface area contributed by atoms with Crippen LogP contribution in [-0.4, -0.2) is 45.0 Å². The Bertz CT molecular complexity index is 1230. The van der Waals surface area contributed by atoms with Gasteiger partial charge in [-0.25, -0.2) is 4.79 Å². The van der Waals surface area contributed by atoms with Crippen molar-refractivity contribution in [1.82, 2.24) is 20.2 Å². The van der Waals surface area contributed by atoms with Gasteiger partial charge in [-0.3, -0.25) is 0 Å². The maximum absolute atomic E-state index is 11.0.